The summed E-state index contributed by atoms with van der Waals surface area (Å²) in [5.41, 5.74) is -0.513. The minimum atomic E-state index is -4.48. The van der Waals surface area contributed by atoms with Crippen molar-refractivity contribution in [1.29, 1.82) is 5.26 Å². The van der Waals surface area contributed by atoms with Gasteiger partial charge >= 0.3 is 6.18 Å². The molecule has 88 valence electrons. The Morgan fingerprint density at radius 3 is 2.53 bits per heavy atom. The van der Waals surface area contributed by atoms with Gasteiger partial charge in [0.1, 0.15) is 0 Å². The third-order valence-corrected chi connectivity index (χ3v) is 2.80. The molecule has 0 bridgehead atoms. The van der Waals surface area contributed by atoms with E-state index in [4.69, 9.17) is 5.26 Å². The van der Waals surface area contributed by atoms with Crippen molar-refractivity contribution < 1.29 is 18.0 Å². The Morgan fingerprint density at radius 2 is 1.94 bits per heavy atom. The van der Waals surface area contributed by atoms with Crippen LogP contribution in [0.1, 0.15) is 39.9 Å². The van der Waals surface area contributed by atoms with E-state index in [9.17, 15) is 18.0 Å². The fourth-order valence-electron chi connectivity index (χ4n) is 2.04. The second-order valence-electron chi connectivity index (χ2n) is 3.94. The van der Waals surface area contributed by atoms with Gasteiger partial charge in [-0.15, -0.1) is 0 Å². The summed E-state index contributed by atoms with van der Waals surface area (Å²) in [6.45, 7) is 0. The lowest BCUT2D eigenvalue weighted by atomic mass is 9.86. The summed E-state index contributed by atoms with van der Waals surface area (Å²) in [4.78, 5) is 11.6. The van der Waals surface area contributed by atoms with Gasteiger partial charge in [-0.2, -0.15) is 18.4 Å². The molecule has 0 atom stereocenters. The van der Waals surface area contributed by atoms with Gasteiger partial charge in [-0.3, -0.25) is 4.79 Å². The normalized spacial score (nSPS) is 15.3. The molecule has 0 saturated heterocycles. The lowest BCUT2D eigenvalue weighted by Crippen LogP contribution is -2.16. The number of benzene rings is 1. The van der Waals surface area contributed by atoms with Crippen molar-refractivity contribution in [2.45, 2.75) is 25.4 Å². The number of carbonyl (C=O) groups excluding carboxylic acids is 1. The Morgan fingerprint density at radius 1 is 1.24 bits per heavy atom. The molecule has 0 unspecified atom stereocenters. The van der Waals surface area contributed by atoms with Crippen molar-refractivity contribution in [2.24, 2.45) is 0 Å². The highest BCUT2D eigenvalue weighted by atomic mass is 19.4. The van der Waals surface area contributed by atoms with Crippen molar-refractivity contribution in [3.8, 4) is 6.07 Å². The number of halogens is 3. The standard InChI is InChI=1S/C12H8F3NO/c13-12(14,15)9-4-7-2-1-3-10(17)11(7)8(5-9)6-16/h4-5H,1-3H2. The Balaban J connectivity index is 2.66. The van der Waals surface area contributed by atoms with Crippen molar-refractivity contribution in [2.75, 3.05) is 0 Å². The third-order valence-electron chi connectivity index (χ3n) is 2.80. The monoisotopic (exact) mass is 239 g/mol. The Hall–Kier alpha value is -1.83. The first kappa shape index (κ1) is 11.6. The quantitative estimate of drug-likeness (QED) is 0.698. The van der Waals surface area contributed by atoms with Gasteiger partial charge in [0, 0.05) is 12.0 Å². The number of hydrogen-bond donors (Lipinski definition) is 0. The maximum Gasteiger partial charge on any atom is 0.416 e. The van der Waals surface area contributed by atoms with E-state index in [-0.39, 0.29) is 16.9 Å². The first-order chi connectivity index (χ1) is 7.93. The number of rotatable bonds is 0. The molecule has 1 aliphatic carbocycles. The van der Waals surface area contributed by atoms with Crippen molar-refractivity contribution in [3.63, 3.8) is 0 Å². The fraction of sp³-hybridized carbons (Fsp3) is 0.333. The maximum atomic E-state index is 12.6. The van der Waals surface area contributed by atoms with E-state index >= 15 is 0 Å². The van der Waals surface area contributed by atoms with Crippen LogP contribution in [0.5, 0.6) is 0 Å². The van der Waals surface area contributed by atoms with E-state index in [1.807, 2.05) is 0 Å². The van der Waals surface area contributed by atoms with Gasteiger partial charge in [0.15, 0.2) is 5.78 Å². The number of nitrogens with zero attached hydrogens (tertiary/aromatic N) is 1. The zero-order chi connectivity index (χ0) is 12.6. The summed E-state index contributed by atoms with van der Waals surface area (Å²) in [5.74, 6) is -0.239. The Bertz CT molecular complexity index is 526. The minimum absolute atomic E-state index is 0.167. The molecule has 0 aromatic heterocycles. The number of carbonyl (C=O) groups is 1. The molecule has 0 radical (unpaired) electrons. The Kier molecular flexibility index (Phi) is 2.66. The zero-order valence-corrected chi connectivity index (χ0v) is 8.77. The number of ketones is 1. The molecule has 0 heterocycles. The maximum absolute atomic E-state index is 12.6. The van der Waals surface area contributed by atoms with Crippen LogP contribution in [0.3, 0.4) is 0 Å². The van der Waals surface area contributed by atoms with Gasteiger partial charge in [0.25, 0.3) is 0 Å². The molecule has 0 spiro atoms. The van der Waals surface area contributed by atoms with E-state index in [0.717, 1.165) is 12.1 Å². The first-order valence-corrected chi connectivity index (χ1v) is 5.11. The van der Waals surface area contributed by atoms with Crippen molar-refractivity contribution in [3.05, 3.63) is 34.4 Å². The van der Waals surface area contributed by atoms with Crippen LogP contribution < -0.4 is 0 Å². The van der Waals surface area contributed by atoms with Crippen LogP contribution in [-0.2, 0) is 12.6 Å². The molecule has 0 N–H and O–H groups in total. The summed E-state index contributed by atoms with van der Waals surface area (Å²) in [5, 5.41) is 8.83. The Labute approximate surface area is 95.7 Å². The highest BCUT2D eigenvalue weighted by Crippen LogP contribution is 2.34. The molecule has 1 aromatic carbocycles. The van der Waals surface area contributed by atoms with Crippen LogP contribution >= 0.6 is 0 Å². The van der Waals surface area contributed by atoms with Gasteiger partial charge in [-0.1, -0.05) is 0 Å². The highest BCUT2D eigenvalue weighted by Gasteiger charge is 2.33. The van der Waals surface area contributed by atoms with Gasteiger partial charge in [-0.05, 0) is 30.5 Å². The molecule has 17 heavy (non-hydrogen) atoms. The van der Waals surface area contributed by atoms with Crippen LogP contribution in [0, 0.1) is 11.3 Å². The smallest absolute Gasteiger partial charge is 0.294 e. The van der Waals surface area contributed by atoms with Crippen LogP contribution in [0.2, 0.25) is 0 Å². The molecular weight excluding hydrogens is 231 g/mol. The van der Waals surface area contributed by atoms with Crippen LogP contribution in [0.4, 0.5) is 13.2 Å². The third kappa shape index (κ3) is 2.03. The molecule has 1 aliphatic rings. The molecule has 1 aromatic rings. The average Bonchev–Trinajstić information content (AvgIpc) is 2.26. The lowest BCUT2D eigenvalue weighted by molar-refractivity contribution is -0.137. The van der Waals surface area contributed by atoms with E-state index in [0.29, 0.717) is 24.8 Å². The SMILES string of the molecule is N#Cc1cc(C(F)(F)F)cc2c1C(=O)CCC2. The van der Waals surface area contributed by atoms with Gasteiger partial charge < -0.3 is 0 Å². The van der Waals surface area contributed by atoms with Gasteiger partial charge in [0.05, 0.1) is 17.2 Å². The molecule has 0 fully saturated rings. The summed E-state index contributed by atoms with van der Waals surface area (Å²) < 4.78 is 37.7. The zero-order valence-electron chi connectivity index (χ0n) is 8.77. The first-order valence-electron chi connectivity index (χ1n) is 5.11. The molecule has 2 rings (SSSR count). The topological polar surface area (TPSA) is 40.9 Å². The summed E-state index contributed by atoms with van der Waals surface area (Å²) in [6, 6.07) is 3.41. The van der Waals surface area contributed by atoms with E-state index in [1.165, 1.54) is 0 Å². The van der Waals surface area contributed by atoms with E-state index in [2.05, 4.69) is 0 Å². The van der Waals surface area contributed by atoms with E-state index in [1.54, 1.807) is 6.07 Å². The molecule has 2 nitrogen and oxygen atoms in total. The van der Waals surface area contributed by atoms with Crippen LogP contribution in [-0.4, -0.2) is 5.78 Å². The number of fused-ring (bicyclic) bond motifs is 1. The largest absolute Gasteiger partial charge is 0.416 e. The summed E-state index contributed by atoms with van der Waals surface area (Å²) in [7, 11) is 0. The summed E-state index contributed by atoms with van der Waals surface area (Å²) >= 11 is 0. The predicted molar refractivity (Wildman–Crippen MR) is 53.4 cm³/mol. The number of Topliss-reactive ketones (excluding diaryl/α,β-unsaturated/α-hetero) is 1. The number of hydrogen-bond acceptors (Lipinski definition) is 2. The second kappa shape index (κ2) is 3.88. The predicted octanol–water partition coefficient (Wildman–Crippen LogP) is 3.10. The van der Waals surface area contributed by atoms with Crippen molar-refractivity contribution >= 4 is 5.78 Å². The highest BCUT2D eigenvalue weighted by molar-refractivity contribution is 6.00. The minimum Gasteiger partial charge on any atom is -0.294 e. The molecule has 0 aliphatic heterocycles. The fourth-order valence-corrected chi connectivity index (χ4v) is 2.04. The number of aryl methyl sites for hydroxylation is 1. The number of nitriles is 1. The van der Waals surface area contributed by atoms with Gasteiger partial charge in [-0.25, -0.2) is 0 Å². The average molecular weight is 239 g/mol. The lowest BCUT2D eigenvalue weighted by Gasteiger charge is -2.18. The molecule has 0 amide bonds. The molecule has 5 heteroatoms. The van der Waals surface area contributed by atoms with Crippen LogP contribution in [0.15, 0.2) is 12.1 Å². The molecule has 0 saturated carbocycles. The van der Waals surface area contributed by atoms with Crippen LogP contribution in [0.25, 0.3) is 0 Å². The van der Waals surface area contributed by atoms with Crippen molar-refractivity contribution in [1.82, 2.24) is 0 Å². The van der Waals surface area contributed by atoms with Gasteiger partial charge in [0.2, 0.25) is 0 Å². The van der Waals surface area contributed by atoms with E-state index < -0.39 is 11.7 Å². The molecular formula is C12H8F3NO. The summed E-state index contributed by atoms with van der Waals surface area (Å²) in [6.07, 6.45) is -3.23. The number of alkyl halides is 3. The second-order valence-corrected chi connectivity index (χ2v) is 3.94.